The third-order valence-corrected chi connectivity index (χ3v) is 4.58. The van der Waals surface area contributed by atoms with Crippen molar-refractivity contribution in [1.29, 1.82) is 0 Å². The molecule has 2 saturated heterocycles. The molecule has 1 amide bonds. The highest BCUT2D eigenvalue weighted by Crippen LogP contribution is 2.35. The van der Waals surface area contributed by atoms with E-state index in [1.165, 1.54) is 6.07 Å². The summed E-state index contributed by atoms with van der Waals surface area (Å²) in [4.78, 5) is 20.2. The summed E-state index contributed by atoms with van der Waals surface area (Å²) in [6, 6.07) is 4.32. The summed E-state index contributed by atoms with van der Waals surface area (Å²) in [5, 5.41) is 16.7. The number of benzene rings is 1. The minimum atomic E-state index is -0.300. The number of hydrogen-bond acceptors (Lipinski definition) is 5. The van der Waals surface area contributed by atoms with Gasteiger partial charge in [0.1, 0.15) is 0 Å². The van der Waals surface area contributed by atoms with E-state index in [2.05, 4.69) is 20.1 Å². The molecule has 3 atom stereocenters. The van der Waals surface area contributed by atoms with E-state index in [9.17, 15) is 9.90 Å². The molecule has 2 aliphatic rings. The van der Waals surface area contributed by atoms with Crippen molar-refractivity contribution < 1.29 is 14.6 Å². The number of fused-ring (bicyclic) bond motifs is 1. The number of carbonyl (C=O) groups is 1. The van der Waals surface area contributed by atoms with Gasteiger partial charge in [0.25, 0.3) is 5.91 Å². The fraction of sp³-hybridized carbons (Fsp3) is 0.533. The predicted octanol–water partition coefficient (Wildman–Crippen LogP) is 2.80. The Balaban J connectivity index is 1.95. The molecule has 0 aliphatic carbocycles. The van der Waals surface area contributed by atoms with Gasteiger partial charge in [-0.2, -0.15) is 0 Å². The van der Waals surface area contributed by atoms with Crippen molar-refractivity contribution in [3.8, 4) is 0 Å². The van der Waals surface area contributed by atoms with Crippen LogP contribution in [0.15, 0.2) is 28.4 Å². The number of rotatable bonds is 5. The van der Waals surface area contributed by atoms with Gasteiger partial charge in [0.05, 0.1) is 31.3 Å². The topological polar surface area (TPSA) is 147 Å². The van der Waals surface area contributed by atoms with Crippen molar-refractivity contribution in [1.82, 2.24) is 4.90 Å². The second kappa shape index (κ2) is 7.42. The van der Waals surface area contributed by atoms with Crippen molar-refractivity contribution in [2.24, 2.45) is 10.2 Å². The maximum absolute atomic E-state index is 13.1. The number of carbonyl (C=O) groups excluding carboxylic acids is 1. The molecule has 3 rings (SSSR count). The van der Waals surface area contributed by atoms with Crippen LogP contribution in [-0.4, -0.2) is 47.3 Å². The summed E-state index contributed by atoms with van der Waals surface area (Å²) in [5.41, 5.74) is 18.3. The zero-order valence-corrected chi connectivity index (χ0v) is 13.4. The summed E-state index contributed by atoms with van der Waals surface area (Å²) < 4.78 is 5.64. The van der Waals surface area contributed by atoms with Crippen LogP contribution in [0.2, 0.25) is 0 Å². The van der Waals surface area contributed by atoms with E-state index in [1.807, 2.05) is 0 Å². The zero-order chi connectivity index (χ0) is 17.8. The van der Waals surface area contributed by atoms with Crippen LogP contribution in [0, 0.1) is 0 Å². The molecule has 1 aromatic carbocycles. The van der Waals surface area contributed by atoms with Crippen molar-refractivity contribution in [2.45, 2.75) is 37.6 Å². The predicted molar refractivity (Wildman–Crippen MR) is 87.9 cm³/mol. The molecule has 0 aromatic heterocycles. The van der Waals surface area contributed by atoms with Crippen molar-refractivity contribution >= 4 is 11.6 Å². The summed E-state index contributed by atoms with van der Waals surface area (Å²) in [6.45, 7) is 0.506. The van der Waals surface area contributed by atoms with Crippen molar-refractivity contribution in [3.63, 3.8) is 0 Å². The molecule has 0 unspecified atom stereocenters. The fourth-order valence-corrected chi connectivity index (χ4v) is 3.57. The smallest absolute Gasteiger partial charge is 0.254 e. The van der Waals surface area contributed by atoms with Crippen LogP contribution in [-0.2, 0) is 11.3 Å². The molecular weight excluding hydrogens is 326 g/mol. The van der Waals surface area contributed by atoms with Gasteiger partial charge in [-0.25, -0.2) is 0 Å². The first-order chi connectivity index (χ1) is 12.2. The molecule has 2 heterocycles. The molecule has 0 saturated carbocycles. The van der Waals surface area contributed by atoms with Crippen LogP contribution in [0.25, 0.3) is 20.9 Å². The van der Waals surface area contributed by atoms with Crippen LogP contribution < -0.4 is 0 Å². The average molecular weight is 343 g/mol. The molecule has 1 aromatic rings. The first-order valence-corrected chi connectivity index (χ1v) is 7.93. The molecule has 1 N–H and O–H groups in total. The van der Waals surface area contributed by atoms with E-state index in [-0.39, 0.29) is 42.9 Å². The Labute approximate surface area is 143 Å². The van der Waals surface area contributed by atoms with E-state index < -0.39 is 0 Å². The number of azide groups is 2. The average Bonchev–Trinajstić information content (AvgIpc) is 3.19. The third kappa shape index (κ3) is 3.38. The molecule has 130 valence electrons. The highest BCUT2D eigenvalue weighted by atomic mass is 16.5. The standard InChI is InChI=1S/C15H17N7O3/c16-20-18-7-9-3-10(5-11(4-9)19-21-17)15(24)22-12(8-23)6-14-13(22)1-2-25-14/h3-5,12-14,23H,1-2,6-8H2/t12-,13-,14-/m0/s1. The second-order valence-electron chi connectivity index (χ2n) is 6.02. The van der Waals surface area contributed by atoms with Gasteiger partial charge in [0, 0.05) is 27.7 Å². The third-order valence-electron chi connectivity index (χ3n) is 4.58. The highest BCUT2D eigenvalue weighted by Gasteiger charge is 2.46. The first-order valence-electron chi connectivity index (χ1n) is 7.93. The van der Waals surface area contributed by atoms with Crippen molar-refractivity contribution in [2.75, 3.05) is 13.2 Å². The van der Waals surface area contributed by atoms with E-state index in [1.54, 1.807) is 17.0 Å². The highest BCUT2D eigenvalue weighted by molar-refractivity contribution is 5.96. The number of nitrogens with zero attached hydrogens (tertiary/aromatic N) is 7. The Bertz CT molecular complexity index is 770. The van der Waals surface area contributed by atoms with E-state index in [4.69, 9.17) is 15.8 Å². The molecule has 2 fully saturated rings. The van der Waals surface area contributed by atoms with Gasteiger partial charge in [-0.1, -0.05) is 10.2 Å². The van der Waals surface area contributed by atoms with E-state index >= 15 is 0 Å². The summed E-state index contributed by atoms with van der Waals surface area (Å²) in [5.74, 6) is -0.255. The van der Waals surface area contributed by atoms with Gasteiger partial charge in [0.15, 0.2) is 0 Å². The summed E-state index contributed by atoms with van der Waals surface area (Å²) in [7, 11) is 0. The number of aliphatic hydroxyl groups is 1. The van der Waals surface area contributed by atoms with E-state index in [0.29, 0.717) is 24.2 Å². The second-order valence-corrected chi connectivity index (χ2v) is 6.02. The Morgan fingerprint density at radius 2 is 2.20 bits per heavy atom. The lowest BCUT2D eigenvalue weighted by molar-refractivity contribution is 0.0591. The van der Waals surface area contributed by atoms with Crippen molar-refractivity contribution in [3.05, 3.63) is 50.2 Å². The minimum absolute atomic E-state index is 0.0458. The van der Waals surface area contributed by atoms with Crippen LogP contribution in [0.3, 0.4) is 0 Å². The van der Waals surface area contributed by atoms with Crippen LogP contribution in [0.5, 0.6) is 0 Å². The quantitative estimate of drug-likeness (QED) is 0.497. The lowest BCUT2D eigenvalue weighted by Crippen LogP contribution is -2.43. The Hall–Kier alpha value is -2.77. The lowest BCUT2D eigenvalue weighted by Gasteiger charge is -2.28. The number of hydrogen-bond donors (Lipinski definition) is 1. The molecule has 2 aliphatic heterocycles. The Kier molecular flexibility index (Phi) is 5.06. The Morgan fingerprint density at radius 1 is 1.36 bits per heavy atom. The van der Waals surface area contributed by atoms with Gasteiger partial charge >= 0.3 is 0 Å². The van der Waals surface area contributed by atoms with Crippen LogP contribution >= 0.6 is 0 Å². The lowest BCUT2D eigenvalue weighted by atomic mass is 10.1. The number of ether oxygens (including phenoxy) is 1. The van der Waals surface area contributed by atoms with Gasteiger partial charge in [0.2, 0.25) is 0 Å². The first kappa shape index (κ1) is 17.1. The summed E-state index contributed by atoms with van der Waals surface area (Å²) in [6.07, 6.45) is 1.28. The molecule has 0 spiro atoms. The zero-order valence-electron chi connectivity index (χ0n) is 13.4. The molecular formula is C15H17N7O3. The molecule has 10 heteroatoms. The maximum atomic E-state index is 13.1. The van der Waals surface area contributed by atoms with Crippen LogP contribution in [0.4, 0.5) is 5.69 Å². The van der Waals surface area contributed by atoms with Gasteiger partial charge in [-0.05, 0) is 47.7 Å². The molecule has 0 radical (unpaired) electrons. The van der Waals surface area contributed by atoms with Gasteiger partial charge < -0.3 is 14.7 Å². The number of likely N-dealkylation sites (tertiary alicyclic amines) is 1. The number of amides is 1. The van der Waals surface area contributed by atoms with Gasteiger partial charge in [-0.15, -0.1) is 0 Å². The normalized spacial score (nSPS) is 24.4. The molecule has 25 heavy (non-hydrogen) atoms. The van der Waals surface area contributed by atoms with Gasteiger partial charge in [-0.3, -0.25) is 4.79 Å². The maximum Gasteiger partial charge on any atom is 0.254 e. The summed E-state index contributed by atoms with van der Waals surface area (Å²) >= 11 is 0. The fourth-order valence-electron chi connectivity index (χ4n) is 3.57. The van der Waals surface area contributed by atoms with E-state index in [0.717, 1.165) is 6.42 Å². The van der Waals surface area contributed by atoms with Crippen LogP contribution in [0.1, 0.15) is 28.8 Å². The molecule has 10 nitrogen and oxygen atoms in total. The molecule has 0 bridgehead atoms. The minimum Gasteiger partial charge on any atom is -0.394 e. The Morgan fingerprint density at radius 3 is 2.92 bits per heavy atom. The monoisotopic (exact) mass is 343 g/mol. The largest absolute Gasteiger partial charge is 0.394 e. The number of aliphatic hydroxyl groups excluding tert-OH is 1. The SMILES string of the molecule is [N-]=[N+]=NCc1cc(N=[N+]=[N-])cc(C(=O)N2[C@H](CO)C[C@@H]3OCC[C@@H]32)c1.